The molecule has 0 saturated heterocycles. The SMILES string of the molecule is CC(C)(C)c1cc2[nH]c(-c3ccc(Cc4ccccc4)cc3)nn2n1. The molecule has 0 spiro atoms. The fraction of sp³-hybridized carbons (Fsp3) is 0.238. The van der Waals surface area contributed by atoms with Crippen LogP contribution < -0.4 is 0 Å². The molecule has 0 unspecified atom stereocenters. The van der Waals surface area contributed by atoms with Gasteiger partial charge in [0.15, 0.2) is 11.5 Å². The Bertz CT molecular complexity index is 954. The number of fused-ring (bicyclic) bond motifs is 1. The Balaban J connectivity index is 1.57. The Hall–Kier alpha value is -2.88. The second-order valence-electron chi connectivity index (χ2n) is 7.49. The van der Waals surface area contributed by atoms with E-state index in [0.29, 0.717) is 0 Å². The van der Waals surface area contributed by atoms with Gasteiger partial charge in [0.05, 0.1) is 5.69 Å². The van der Waals surface area contributed by atoms with Crippen LogP contribution in [0.15, 0.2) is 60.7 Å². The fourth-order valence-electron chi connectivity index (χ4n) is 2.88. The van der Waals surface area contributed by atoms with Crippen molar-refractivity contribution in [3.8, 4) is 11.4 Å². The molecule has 25 heavy (non-hydrogen) atoms. The Morgan fingerprint density at radius 3 is 2.20 bits per heavy atom. The van der Waals surface area contributed by atoms with Crippen LogP contribution >= 0.6 is 0 Å². The van der Waals surface area contributed by atoms with Crippen molar-refractivity contribution in [3.05, 3.63) is 77.5 Å². The molecule has 4 rings (SSSR count). The van der Waals surface area contributed by atoms with Gasteiger partial charge in [-0.1, -0.05) is 75.4 Å². The van der Waals surface area contributed by atoms with Gasteiger partial charge in [-0.05, 0) is 17.5 Å². The number of H-pyrrole nitrogens is 1. The summed E-state index contributed by atoms with van der Waals surface area (Å²) in [4.78, 5) is 3.36. The topological polar surface area (TPSA) is 46.0 Å². The summed E-state index contributed by atoms with van der Waals surface area (Å²) in [6, 6.07) is 21.1. The van der Waals surface area contributed by atoms with Gasteiger partial charge in [0.25, 0.3) is 0 Å². The third kappa shape index (κ3) is 3.20. The average Bonchev–Trinajstić information content (AvgIpc) is 3.15. The Kier molecular flexibility index (Phi) is 3.68. The molecule has 126 valence electrons. The maximum absolute atomic E-state index is 4.58. The number of nitrogens with zero attached hydrogens (tertiary/aromatic N) is 3. The van der Waals surface area contributed by atoms with Crippen LogP contribution in [0.4, 0.5) is 0 Å². The number of aromatic nitrogens is 4. The largest absolute Gasteiger partial charge is 0.321 e. The maximum Gasteiger partial charge on any atom is 0.161 e. The molecule has 1 N–H and O–H groups in total. The molecule has 0 fully saturated rings. The highest BCUT2D eigenvalue weighted by Gasteiger charge is 2.19. The van der Waals surface area contributed by atoms with E-state index in [4.69, 9.17) is 0 Å². The van der Waals surface area contributed by atoms with Crippen molar-refractivity contribution in [2.45, 2.75) is 32.6 Å². The normalized spacial score (nSPS) is 12.0. The van der Waals surface area contributed by atoms with E-state index in [-0.39, 0.29) is 5.41 Å². The molecular weight excluding hydrogens is 308 g/mol. The van der Waals surface area contributed by atoms with Crippen LogP contribution in [0.25, 0.3) is 17.0 Å². The fourth-order valence-corrected chi connectivity index (χ4v) is 2.88. The summed E-state index contributed by atoms with van der Waals surface area (Å²) in [5, 5.41) is 9.16. The molecule has 2 aromatic carbocycles. The number of hydrogen-bond acceptors (Lipinski definition) is 2. The van der Waals surface area contributed by atoms with E-state index in [1.807, 2.05) is 6.07 Å². The monoisotopic (exact) mass is 330 g/mol. The van der Waals surface area contributed by atoms with E-state index in [9.17, 15) is 0 Å². The van der Waals surface area contributed by atoms with Crippen LogP contribution in [0.3, 0.4) is 0 Å². The minimum atomic E-state index is 0.0216. The minimum absolute atomic E-state index is 0.0216. The van der Waals surface area contributed by atoms with E-state index >= 15 is 0 Å². The van der Waals surface area contributed by atoms with Gasteiger partial charge in [0.1, 0.15) is 0 Å². The highest BCUT2D eigenvalue weighted by Crippen LogP contribution is 2.23. The first-order chi connectivity index (χ1) is 12.0. The molecule has 0 amide bonds. The van der Waals surface area contributed by atoms with Crippen LogP contribution in [-0.2, 0) is 11.8 Å². The van der Waals surface area contributed by atoms with Crippen molar-refractivity contribution in [1.82, 2.24) is 19.8 Å². The van der Waals surface area contributed by atoms with Crippen LogP contribution in [-0.4, -0.2) is 19.8 Å². The molecule has 0 radical (unpaired) electrons. The van der Waals surface area contributed by atoms with Crippen molar-refractivity contribution < 1.29 is 0 Å². The number of aromatic amines is 1. The molecule has 0 bridgehead atoms. The Labute approximate surface area is 147 Å². The summed E-state index contributed by atoms with van der Waals surface area (Å²) < 4.78 is 1.69. The summed E-state index contributed by atoms with van der Waals surface area (Å²) in [6.45, 7) is 6.46. The molecule has 0 atom stereocenters. The third-order valence-corrected chi connectivity index (χ3v) is 4.38. The van der Waals surface area contributed by atoms with E-state index in [0.717, 1.165) is 29.1 Å². The smallest absolute Gasteiger partial charge is 0.161 e. The van der Waals surface area contributed by atoms with E-state index in [2.05, 4.69) is 90.5 Å². The van der Waals surface area contributed by atoms with Crippen molar-refractivity contribution in [1.29, 1.82) is 0 Å². The minimum Gasteiger partial charge on any atom is -0.321 e. The predicted octanol–water partition coefficient (Wildman–Crippen LogP) is 4.61. The zero-order valence-electron chi connectivity index (χ0n) is 14.8. The summed E-state index contributed by atoms with van der Waals surface area (Å²) in [6.07, 6.45) is 0.942. The molecular formula is C21H22N4. The van der Waals surface area contributed by atoms with E-state index in [1.54, 1.807) is 4.63 Å². The molecule has 4 nitrogen and oxygen atoms in total. The lowest BCUT2D eigenvalue weighted by Gasteiger charge is -2.13. The first-order valence-corrected chi connectivity index (χ1v) is 8.59. The van der Waals surface area contributed by atoms with Gasteiger partial charge in [0, 0.05) is 17.0 Å². The summed E-state index contributed by atoms with van der Waals surface area (Å²) in [5.41, 5.74) is 5.67. The number of nitrogens with one attached hydrogen (secondary N) is 1. The molecule has 2 heterocycles. The van der Waals surface area contributed by atoms with Crippen LogP contribution in [0, 0.1) is 0 Å². The standard InChI is InChI=1S/C21H22N4/c1-21(2,3)18-14-19-22-20(24-25(19)23-18)17-11-9-16(10-12-17)13-15-7-5-4-6-8-15/h4-12,14H,13H2,1-3H3,(H,22,24). The average molecular weight is 330 g/mol. The summed E-state index contributed by atoms with van der Waals surface area (Å²) >= 11 is 0. The molecule has 0 saturated carbocycles. The molecule has 0 aliphatic carbocycles. The highest BCUT2D eigenvalue weighted by molar-refractivity contribution is 5.59. The molecule has 2 aromatic heterocycles. The van der Waals surface area contributed by atoms with Gasteiger partial charge in [-0.15, -0.1) is 9.73 Å². The van der Waals surface area contributed by atoms with Crippen molar-refractivity contribution in [2.24, 2.45) is 0 Å². The first kappa shape index (κ1) is 15.6. The van der Waals surface area contributed by atoms with Crippen molar-refractivity contribution >= 4 is 5.65 Å². The van der Waals surface area contributed by atoms with Gasteiger partial charge in [-0.25, -0.2) is 0 Å². The van der Waals surface area contributed by atoms with Gasteiger partial charge in [-0.2, -0.15) is 5.10 Å². The lowest BCUT2D eigenvalue weighted by atomic mass is 9.93. The van der Waals surface area contributed by atoms with Crippen LogP contribution in [0.5, 0.6) is 0 Å². The quantitative estimate of drug-likeness (QED) is 0.596. The van der Waals surface area contributed by atoms with Crippen LogP contribution in [0.2, 0.25) is 0 Å². The lowest BCUT2D eigenvalue weighted by molar-refractivity contribution is 0.557. The van der Waals surface area contributed by atoms with E-state index < -0.39 is 0 Å². The summed E-state index contributed by atoms with van der Waals surface area (Å²) in [5.74, 6) is 0.842. The summed E-state index contributed by atoms with van der Waals surface area (Å²) in [7, 11) is 0. The third-order valence-electron chi connectivity index (χ3n) is 4.38. The zero-order chi connectivity index (χ0) is 17.4. The van der Waals surface area contributed by atoms with Gasteiger partial charge in [0.2, 0.25) is 0 Å². The zero-order valence-corrected chi connectivity index (χ0v) is 14.8. The Morgan fingerprint density at radius 1 is 0.880 bits per heavy atom. The first-order valence-electron chi connectivity index (χ1n) is 8.59. The lowest BCUT2D eigenvalue weighted by Crippen LogP contribution is -2.12. The predicted molar refractivity (Wildman–Crippen MR) is 101 cm³/mol. The van der Waals surface area contributed by atoms with E-state index in [1.165, 1.54) is 11.1 Å². The maximum atomic E-state index is 4.58. The molecule has 4 aromatic rings. The second kappa shape index (κ2) is 5.88. The van der Waals surface area contributed by atoms with Crippen molar-refractivity contribution in [2.75, 3.05) is 0 Å². The van der Waals surface area contributed by atoms with Gasteiger partial charge in [-0.3, -0.25) is 0 Å². The number of benzene rings is 2. The number of rotatable bonds is 3. The molecule has 0 aliphatic heterocycles. The Morgan fingerprint density at radius 2 is 1.56 bits per heavy atom. The number of hydrogen-bond donors (Lipinski definition) is 1. The molecule has 4 heteroatoms. The van der Waals surface area contributed by atoms with Gasteiger partial charge >= 0.3 is 0 Å². The van der Waals surface area contributed by atoms with Crippen LogP contribution in [0.1, 0.15) is 37.6 Å². The highest BCUT2D eigenvalue weighted by atomic mass is 15.5. The second-order valence-corrected chi connectivity index (χ2v) is 7.49. The van der Waals surface area contributed by atoms with Gasteiger partial charge < -0.3 is 4.98 Å². The van der Waals surface area contributed by atoms with Crippen molar-refractivity contribution in [3.63, 3.8) is 0 Å². The molecule has 0 aliphatic rings.